The van der Waals surface area contributed by atoms with Crippen LogP contribution in [0.3, 0.4) is 0 Å². The quantitative estimate of drug-likeness (QED) is 0.339. The number of benzene rings is 2. The molecule has 5 heteroatoms. The van der Waals surface area contributed by atoms with Crippen molar-refractivity contribution in [2.45, 2.75) is 70.5 Å². The van der Waals surface area contributed by atoms with E-state index >= 15 is 0 Å². The van der Waals surface area contributed by atoms with Gasteiger partial charge in [0.2, 0.25) is 5.91 Å². The van der Waals surface area contributed by atoms with E-state index in [2.05, 4.69) is 79.6 Å². The molecule has 0 radical (unpaired) electrons. The van der Waals surface area contributed by atoms with Crippen molar-refractivity contribution < 1.29 is 4.79 Å². The number of aromatic amines is 1. The van der Waals surface area contributed by atoms with Crippen LogP contribution in [0.4, 0.5) is 0 Å². The normalized spacial score (nSPS) is 27.2. The molecule has 4 aliphatic rings. The molecule has 0 spiro atoms. The van der Waals surface area contributed by atoms with E-state index in [1.165, 1.54) is 61.4 Å². The SMILES string of the molecule is Cc1ccc(-c2nc(SCC(=O)NC(C)C34CC5CC(CC(C5)C3)C4)[nH]c2-c2ccc(C)cc2)cc1. The van der Waals surface area contributed by atoms with E-state index in [1.807, 2.05) is 0 Å². The lowest BCUT2D eigenvalue weighted by atomic mass is 9.48. The summed E-state index contributed by atoms with van der Waals surface area (Å²) in [5.41, 5.74) is 6.92. The Hall–Kier alpha value is -2.53. The van der Waals surface area contributed by atoms with Crippen LogP contribution in [0.25, 0.3) is 22.5 Å². The number of amides is 1. The van der Waals surface area contributed by atoms with Gasteiger partial charge in [0.05, 0.1) is 17.1 Å². The van der Waals surface area contributed by atoms with Crippen LogP contribution in [0.2, 0.25) is 0 Å². The van der Waals surface area contributed by atoms with Crippen molar-refractivity contribution in [3.63, 3.8) is 0 Å². The lowest BCUT2D eigenvalue weighted by Crippen LogP contribution is -2.56. The van der Waals surface area contributed by atoms with Crippen molar-refractivity contribution in [3.05, 3.63) is 59.7 Å². The number of aryl methyl sites for hydroxylation is 2. The zero-order chi connectivity index (χ0) is 24.9. The van der Waals surface area contributed by atoms with Gasteiger partial charge in [-0.2, -0.15) is 0 Å². The lowest BCUT2D eigenvalue weighted by molar-refractivity contribution is -0.123. The number of carbonyl (C=O) groups excluding carboxylic acids is 1. The highest BCUT2D eigenvalue weighted by atomic mass is 32.2. The number of carbonyl (C=O) groups is 1. The molecule has 2 N–H and O–H groups in total. The molecule has 2 aromatic carbocycles. The second kappa shape index (κ2) is 9.41. The van der Waals surface area contributed by atoms with Crippen LogP contribution in [0.15, 0.2) is 53.7 Å². The maximum atomic E-state index is 13.1. The van der Waals surface area contributed by atoms with Crippen LogP contribution in [-0.2, 0) is 4.79 Å². The number of nitrogens with one attached hydrogen (secondary N) is 2. The van der Waals surface area contributed by atoms with E-state index in [-0.39, 0.29) is 11.9 Å². The van der Waals surface area contributed by atoms with Gasteiger partial charge in [-0.05, 0) is 82.5 Å². The number of aromatic nitrogens is 2. The van der Waals surface area contributed by atoms with E-state index in [9.17, 15) is 4.79 Å². The second-order valence-corrected chi connectivity index (χ2v) is 12.8. The summed E-state index contributed by atoms with van der Waals surface area (Å²) in [5, 5.41) is 4.19. The smallest absolute Gasteiger partial charge is 0.230 e. The Kier molecular flexibility index (Phi) is 6.23. The highest BCUT2D eigenvalue weighted by Crippen LogP contribution is 2.61. The number of thioether (sulfide) groups is 1. The maximum Gasteiger partial charge on any atom is 0.230 e. The molecule has 188 valence electrons. The van der Waals surface area contributed by atoms with Crippen molar-refractivity contribution in [2.75, 3.05) is 5.75 Å². The fraction of sp³-hybridized carbons (Fsp3) is 0.484. The van der Waals surface area contributed by atoms with Gasteiger partial charge in [0, 0.05) is 17.2 Å². The summed E-state index contributed by atoms with van der Waals surface area (Å²) in [6, 6.07) is 17.3. The fourth-order valence-corrected chi connectivity index (χ4v) is 8.23. The molecule has 0 aliphatic heterocycles. The number of rotatable bonds is 7. The molecule has 1 amide bonds. The number of H-pyrrole nitrogens is 1. The third-order valence-corrected chi connectivity index (χ3v) is 9.94. The van der Waals surface area contributed by atoms with Gasteiger partial charge in [-0.3, -0.25) is 4.79 Å². The van der Waals surface area contributed by atoms with Crippen molar-refractivity contribution in [3.8, 4) is 22.5 Å². The van der Waals surface area contributed by atoms with Gasteiger partial charge in [0.25, 0.3) is 0 Å². The Labute approximate surface area is 219 Å². The zero-order valence-corrected chi connectivity index (χ0v) is 22.5. The molecule has 4 fully saturated rings. The number of hydrogen-bond donors (Lipinski definition) is 2. The van der Waals surface area contributed by atoms with Crippen LogP contribution in [0, 0.1) is 37.0 Å². The molecule has 4 bridgehead atoms. The largest absolute Gasteiger partial charge is 0.352 e. The van der Waals surface area contributed by atoms with Crippen LogP contribution in [0.5, 0.6) is 0 Å². The summed E-state index contributed by atoms with van der Waals surface area (Å²) in [6.45, 7) is 6.45. The van der Waals surface area contributed by atoms with E-state index in [0.717, 1.165) is 45.4 Å². The van der Waals surface area contributed by atoms with Crippen molar-refractivity contribution >= 4 is 17.7 Å². The minimum atomic E-state index is 0.119. The molecule has 3 aromatic rings. The van der Waals surface area contributed by atoms with Gasteiger partial charge in [0.15, 0.2) is 5.16 Å². The van der Waals surface area contributed by atoms with Gasteiger partial charge < -0.3 is 10.3 Å². The van der Waals surface area contributed by atoms with Gasteiger partial charge in [-0.1, -0.05) is 71.4 Å². The molecule has 7 rings (SSSR count). The summed E-state index contributed by atoms with van der Waals surface area (Å²) in [7, 11) is 0. The first-order chi connectivity index (χ1) is 17.4. The average Bonchev–Trinajstić information content (AvgIpc) is 3.27. The predicted octanol–water partition coefficient (Wildman–Crippen LogP) is 7.17. The van der Waals surface area contributed by atoms with Gasteiger partial charge in [0.1, 0.15) is 0 Å². The fourth-order valence-electron chi connectivity index (χ4n) is 7.55. The highest BCUT2D eigenvalue weighted by molar-refractivity contribution is 7.99. The van der Waals surface area contributed by atoms with Crippen molar-refractivity contribution in [2.24, 2.45) is 23.2 Å². The van der Waals surface area contributed by atoms with E-state index < -0.39 is 0 Å². The summed E-state index contributed by atoms with van der Waals surface area (Å²) in [5.74, 6) is 3.19. The standard InChI is InChI=1S/C31H37N3OS/c1-19-4-8-25(9-5-19)28-29(26-10-6-20(2)7-11-26)34-30(33-28)36-18-27(35)32-21(3)31-15-22-12-23(16-31)14-24(13-22)17-31/h4-11,21-24H,12-18H2,1-3H3,(H,32,35)(H,33,34). The Balaban J connectivity index is 1.16. The molecule has 1 heterocycles. The molecule has 4 nitrogen and oxygen atoms in total. The Morgan fingerprint density at radius 2 is 1.47 bits per heavy atom. The van der Waals surface area contributed by atoms with Crippen LogP contribution >= 0.6 is 11.8 Å². The second-order valence-electron chi connectivity index (χ2n) is 11.9. The first-order valence-electron chi connectivity index (χ1n) is 13.5. The topological polar surface area (TPSA) is 57.8 Å². The summed E-state index contributed by atoms with van der Waals surface area (Å²) >= 11 is 1.50. The highest BCUT2D eigenvalue weighted by Gasteiger charge is 2.53. The van der Waals surface area contributed by atoms with Crippen molar-refractivity contribution in [1.82, 2.24) is 15.3 Å². The Bertz CT molecular complexity index is 1150. The molecular formula is C31H37N3OS. The van der Waals surface area contributed by atoms with E-state index in [0.29, 0.717) is 11.2 Å². The Morgan fingerprint density at radius 3 is 2.03 bits per heavy atom. The van der Waals surface area contributed by atoms with Gasteiger partial charge in [-0.25, -0.2) is 4.98 Å². The number of hydrogen-bond acceptors (Lipinski definition) is 3. The molecule has 1 unspecified atom stereocenters. The monoisotopic (exact) mass is 499 g/mol. The minimum Gasteiger partial charge on any atom is -0.352 e. The molecule has 4 aliphatic carbocycles. The number of imidazole rings is 1. The number of nitrogens with zero attached hydrogens (tertiary/aromatic N) is 1. The minimum absolute atomic E-state index is 0.119. The predicted molar refractivity (Wildman–Crippen MR) is 148 cm³/mol. The Morgan fingerprint density at radius 1 is 0.944 bits per heavy atom. The summed E-state index contributed by atoms with van der Waals surface area (Å²) in [4.78, 5) is 21.5. The van der Waals surface area contributed by atoms with Gasteiger partial charge in [-0.15, -0.1) is 0 Å². The van der Waals surface area contributed by atoms with Crippen LogP contribution in [-0.4, -0.2) is 27.7 Å². The molecule has 1 atom stereocenters. The molecule has 36 heavy (non-hydrogen) atoms. The third kappa shape index (κ3) is 4.63. The van der Waals surface area contributed by atoms with E-state index in [4.69, 9.17) is 4.98 Å². The van der Waals surface area contributed by atoms with Crippen molar-refractivity contribution in [1.29, 1.82) is 0 Å². The molecular weight excluding hydrogens is 462 g/mol. The molecule has 0 saturated heterocycles. The summed E-state index contributed by atoms with van der Waals surface area (Å²) in [6.07, 6.45) is 8.23. The lowest BCUT2D eigenvalue weighted by Gasteiger charge is -2.59. The molecule has 4 saturated carbocycles. The van der Waals surface area contributed by atoms with Crippen LogP contribution in [0.1, 0.15) is 56.6 Å². The van der Waals surface area contributed by atoms with Crippen LogP contribution < -0.4 is 5.32 Å². The van der Waals surface area contributed by atoms with Gasteiger partial charge >= 0.3 is 0 Å². The first-order valence-corrected chi connectivity index (χ1v) is 14.5. The van der Waals surface area contributed by atoms with E-state index in [1.54, 1.807) is 0 Å². The summed E-state index contributed by atoms with van der Waals surface area (Å²) < 4.78 is 0. The first kappa shape index (κ1) is 23.8. The molecule has 1 aromatic heterocycles. The maximum absolute atomic E-state index is 13.1. The third-order valence-electron chi connectivity index (χ3n) is 9.07. The average molecular weight is 500 g/mol. The zero-order valence-electron chi connectivity index (χ0n) is 21.6.